The van der Waals surface area contributed by atoms with Crippen LogP contribution in [0.5, 0.6) is 0 Å². The molecule has 0 saturated heterocycles. The second-order valence-electron chi connectivity index (χ2n) is 20.9. The Hall–Kier alpha value is -8.08. The van der Waals surface area contributed by atoms with E-state index in [0.717, 1.165) is 17.1 Å². The Morgan fingerprint density at radius 1 is 0.464 bits per heavy atom. The number of para-hydroxylation sites is 3. The highest BCUT2D eigenvalue weighted by Gasteiger charge is 2.49. The highest BCUT2D eigenvalue weighted by atomic mass is 15.2. The fourth-order valence-corrected chi connectivity index (χ4v) is 12.6. The van der Waals surface area contributed by atoms with E-state index in [1.807, 2.05) is 0 Å². The van der Waals surface area contributed by atoms with Crippen molar-refractivity contribution >= 4 is 84.5 Å². The molecule has 328 valence electrons. The Balaban J connectivity index is 1.18. The Labute approximate surface area is 404 Å². The molecule has 10 aromatic carbocycles. The SMILES string of the molecule is CC(C)(C)c1ccc(N2c3ccc(N(c4ccccc4)c4ccccc4)cc3B3c4c2cc2c(c4-c4cccc5c6ccc7ccccc7c6n3c45)C(C)(C)c3ccccc3-2)c(-c2ccccc2)c1. The van der Waals surface area contributed by atoms with Gasteiger partial charge in [-0.05, 0) is 121 Å². The van der Waals surface area contributed by atoms with Crippen LogP contribution in [-0.4, -0.2) is 11.3 Å². The van der Waals surface area contributed by atoms with E-state index in [4.69, 9.17) is 0 Å². The molecule has 1 aromatic heterocycles. The van der Waals surface area contributed by atoms with Gasteiger partial charge >= 0.3 is 6.85 Å². The van der Waals surface area contributed by atoms with Crippen LogP contribution in [0.2, 0.25) is 0 Å². The summed E-state index contributed by atoms with van der Waals surface area (Å²) in [5.74, 6) is 0. The standard InChI is InChI=1S/C65H50BN3/c1-64(2,3)43-33-36-56(52(38-43)41-20-9-6-10-21-41)68-57-37-34-46(67(44-23-11-7-12-24-44)45-25-13-8-14-26-45)39-55(57)66-61-58(68)40-53-48-28-17-18-31-54(48)65(4,5)60(53)59(61)51-30-19-29-49-50-35-32-42-22-15-16-27-47(42)62(50)69(66)63(49)51/h6-40H,1-5H3. The van der Waals surface area contributed by atoms with Crippen LogP contribution in [0.15, 0.2) is 212 Å². The van der Waals surface area contributed by atoms with Crippen LogP contribution in [0, 0.1) is 0 Å². The summed E-state index contributed by atoms with van der Waals surface area (Å²) in [6, 6.07) is 79.8. The average molecular weight is 884 g/mol. The second kappa shape index (κ2) is 14.5. The summed E-state index contributed by atoms with van der Waals surface area (Å²) in [7, 11) is 0. The monoisotopic (exact) mass is 883 g/mol. The van der Waals surface area contributed by atoms with E-state index in [1.165, 1.54) is 111 Å². The molecule has 2 aliphatic heterocycles. The molecule has 0 N–H and O–H groups in total. The summed E-state index contributed by atoms with van der Waals surface area (Å²) in [5, 5.41) is 5.11. The quantitative estimate of drug-likeness (QED) is 0.160. The predicted octanol–water partition coefficient (Wildman–Crippen LogP) is 16.1. The van der Waals surface area contributed by atoms with Crippen molar-refractivity contribution in [2.75, 3.05) is 9.80 Å². The van der Waals surface area contributed by atoms with Crippen molar-refractivity contribution in [2.45, 2.75) is 45.4 Å². The van der Waals surface area contributed by atoms with Crippen LogP contribution >= 0.6 is 0 Å². The van der Waals surface area contributed by atoms with Gasteiger partial charge in [-0.25, -0.2) is 0 Å². The predicted molar refractivity (Wildman–Crippen MR) is 294 cm³/mol. The number of nitrogens with zero attached hydrogens (tertiary/aromatic N) is 3. The minimum absolute atomic E-state index is 0.0461. The third kappa shape index (κ3) is 5.63. The van der Waals surface area contributed by atoms with Crippen molar-refractivity contribution in [3.63, 3.8) is 0 Å². The lowest BCUT2D eigenvalue weighted by molar-refractivity contribution is 0.590. The van der Waals surface area contributed by atoms with Gasteiger partial charge in [-0.2, -0.15) is 0 Å². The molecule has 0 saturated carbocycles. The van der Waals surface area contributed by atoms with Crippen molar-refractivity contribution < 1.29 is 0 Å². The molecule has 0 radical (unpaired) electrons. The molecule has 3 heterocycles. The van der Waals surface area contributed by atoms with E-state index < -0.39 is 0 Å². The smallest absolute Gasteiger partial charge is 0.333 e. The molecule has 0 fully saturated rings. The second-order valence-corrected chi connectivity index (χ2v) is 20.9. The Kier molecular flexibility index (Phi) is 8.39. The Morgan fingerprint density at radius 3 is 1.86 bits per heavy atom. The first-order chi connectivity index (χ1) is 33.7. The Bertz CT molecular complexity index is 3880. The largest absolute Gasteiger partial charge is 0.375 e. The van der Waals surface area contributed by atoms with Gasteiger partial charge in [-0.3, -0.25) is 0 Å². The van der Waals surface area contributed by atoms with Gasteiger partial charge in [-0.1, -0.05) is 186 Å². The third-order valence-electron chi connectivity index (χ3n) is 15.6. The Morgan fingerprint density at radius 2 is 1.10 bits per heavy atom. The van der Waals surface area contributed by atoms with E-state index in [9.17, 15) is 0 Å². The molecule has 0 bridgehead atoms. The van der Waals surface area contributed by atoms with Crippen LogP contribution in [-0.2, 0) is 10.8 Å². The van der Waals surface area contributed by atoms with Crippen molar-refractivity contribution in [3.05, 3.63) is 229 Å². The van der Waals surface area contributed by atoms with Gasteiger partial charge in [0.2, 0.25) is 0 Å². The number of fused-ring (bicyclic) bond motifs is 13. The van der Waals surface area contributed by atoms with Crippen LogP contribution in [0.25, 0.3) is 66.0 Å². The molecule has 11 aromatic rings. The molecule has 3 aliphatic rings. The number of hydrogen-bond acceptors (Lipinski definition) is 2. The number of aromatic nitrogens is 1. The van der Waals surface area contributed by atoms with Gasteiger partial charge in [0.15, 0.2) is 0 Å². The zero-order chi connectivity index (χ0) is 46.3. The number of anilines is 6. The lowest BCUT2D eigenvalue weighted by atomic mass is 9.44. The minimum atomic E-state index is -0.252. The number of rotatable bonds is 5. The van der Waals surface area contributed by atoms with E-state index in [0.29, 0.717) is 0 Å². The maximum Gasteiger partial charge on any atom is 0.333 e. The van der Waals surface area contributed by atoms with Gasteiger partial charge in [0.05, 0.1) is 5.69 Å². The van der Waals surface area contributed by atoms with E-state index in [-0.39, 0.29) is 17.7 Å². The fourth-order valence-electron chi connectivity index (χ4n) is 12.6. The maximum absolute atomic E-state index is 2.76. The van der Waals surface area contributed by atoms with Crippen LogP contribution in [0.1, 0.15) is 51.3 Å². The zero-order valence-corrected chi connectivity index (χ0v) is 39.6. The topological polar surface area (TPSA) is 11.4 Å². The molecule has 69 heavy (non-hydrogen) atoms. The van der Waals surface area contributed by atoms with Crippen molar-refractivity contribution in [3.8, 4) is 33.4 Å². The van der Waals surface area contributed by atoms with Crippen molar-refractivity contribution in [1.82, 2.24) is 4.48 Å². The number of hydrogen-bond donors (Lipinski definition) is 0. The lowest BCUT2D eigenvalue weighted by Gasteiger charge is -2.43. The molecule has 3 nitrogen and oxygen atoms in total. The van der Waals surface area contributed by atoms with E-state index in [1.54, 1.807) is 0 Å². The summed E-state index contributed by atoms with van der Waals surface area (Å²) in [6.45, 7) is 11.7. The molecule has 0 amide bonds. The lowest BCUT2D eigenvalue weighted by Crippen LogP contribution is -2.57. The molecule has 0 spiro atoms. The van der Waals surface area contributed by atoms with Crippen molar-refractivity contribution in [2.24, 2.45) is 0 Å². The maximum atomic E-state index is 2.76. The fraction of sp³-hybridized carbons (Fsp3) is 0.108. The number of benzene rings is 10. The van der Waals surface area contributed by atoms with E-state index >= 15 is 0 Å². The van der Waals surface area contributed by atoms with Crippen LogP contribution < -0.4 is 20.7 Å². The molecule has 4 heteroatoms. The van der Waals surface area contributed by atoms with Crippen LogP contribution in [0.4, 0.5) is 34.1 Å². The van der Waals surface area contributed by atoms with Gasteiger partial charge in [0.25, 0.3) is 0 Å². The first-order valence-electron chi connectivity index (χ1n) is 24.5. The first kappa shape index (κ1) is 40.0. The highest BCUT2D eigenvalue weighted by molar-refractivity contribution is 6.90. The molecule has 0 unspecified atom stereocenters. The van der Waals surface area contributed by atoms with Crippen LogP contribution in [0.3, 0.4) is 0 Å². The summed E-state index contributed by atoms with van der Waals surface area (Å²) in [6.07, 6.45) is 0. The minimum Gasteiger partial charge on any atom is -0.375 e. The molecular weight excluding hydrogens is 834 g/mol. The zero-order valence-electron chi connectivity index (χ0n) is 39.6. The summed E-state index contributed by atoms with van der Waals surface area (Å²) < 4.78 is 2.76. The average Bonchev–Trinajstić information content (AvgIpc) is 3.84. The van der Waals surface area contributed by atoms with Crippen molar-refractivity contribution in [1.29, 1.82) is 0 Å². The summed E-state index contributed by atoms with van der Waals surface area (Å²) in [5.41, 5.74) is 23.7. The first-order valence-corrected chi connectivity index (χ1v) is 24.5. The summed E-state index contributed by atoms with van der Waals surface area (Å²) >= 11 is 0. The summed E-state index contributed by atoms with van der Waals surface area (Å²) in [4.78, 5) is 5.06. The van der Waals surface area contributed by atoms with Gasteiger partial charge in [-0.15, -0.1) is 0 Å². The van der Waals surface area contributed by atoms with E-state index in [2.05, 4.69) is 261 Å². The molecule has 1 aliphatic carbocycles. The molecular formula is C65H50BN3. The molecule has 0 atom stereocenters. The highest BCUT2D eigenvalue weighted by Crippen LogP contribution is 2.58. The van der Waals surface area contributed by atoms with Gasteiger partial charge in [0.1, 0.15) is 0 Å². The third-order valence-corrected chi connectivity index (χ3v) is 15.6. The normalized spacial score (nSPS) is 13.9. The molecule has 14 rings (SSSR count). The van der Waals surface area contributed by atoms with Gasteiger partial charge < -0.3 is 14.3 Å². The van der Waals surface area contributed by atoms with Gasteiger partial charge in [0, 0.05) is 72.2 Å².